The molecule has 6 nitrogen and oxygen atoms in total. The van der Waals surface area contributed by atoms with Gasteiger partial charge in [-0.1, -0.05) is 35.5 Å². The summed E-state index contributed by atoms with van der Waals surface area (Å²) in [5.41, 5.74) is 2.02. The van der Waals surface area contributed by atoms with Gasteiger partial charge in [0.25, 0.3) is 0 Å². The molecule has 0 radical (unpaired) electrons. The van der Waals surface area contributed by atoms with Gasteiger partial charge in [-0.15, -0.1) is 13.2 Å². The number of rotatable bonds is 9. The Morgan fingerprint density at radius 1 is 1.27 bits per heavy atom. The van der Waals surface area contributed by atoms with Crippen molar-refractivity contribution in [3.8, 4) is 11.3 Å². The summed E-state index contributed by atoms with van der Waals surface area (Å²) in [5.74, 6) is 0.219. The lowest BCUT2D eigenvalue weighted by atomic mass is 9.92. The Morgan fingerprint density at radius 3 is 2.63 bits per heavy atom. The lowest BCUT2D eigenvalue weighted by Gasteiger charge is -2.34. The van der Waals surface area contributed by atoms with Gasteiger partial charge in [0.05, 0.1) is 12.2 Å². The molecule has 1 aliphatic rings. The van der Waals surface area contributed by atoms with Gasteiger partial charge in [0, 0.05) is 41.6 Å². The molecule has 0 bridgehead atoms. The molecule has 10 heteroatoms. The van der Waals surface area contributed by atoms with Crippen LogP contribution in [0.4, 0.5) is 13.2 Å². The second kappa shape index (κ2) is 9.63. The van der Waals surface area contributed by atoms with Crippen molar-refractivity contribution in [3.63, 3.8) is 0 Å². The van der Waals surface area contributed by atoms with Gasteiger partial charge in [-0.25, -0.2) is 0 Å². The molecular formula is C20H20ClF3N2O4. The standard InChI is InChI=1S/C20H20ClF3N2O4/c1-12(25-19(27)11-28-16-8-17(9-16)29-20(22,23)24)2-7-15-10-18(26-30-15)13-3-5-14(21)6-4-13/h3-6,10,16-17H,1-2,7-9,11H2,(H,25,27). The number of halogens is 4. The number of nitrogens with zero attached hydrogens (tertiary/aromatic N) is 1. The SMILES string of the molecule is C=C(CCc1cc(-c2ccc(Cl)cc2)no1)NC(=O)COC1CC(OC(F)(F)F)C1. The lowest BCUT2D eigenvalue weighted by molar-refractivity contribution is -0.357. The van der Waals surface area contributed by atoms with Crippen molar-refractivity contribution in [2.75, 3.05) is 6.61 Å². The van der Waals surface area contributed by atoms with E-state index in [0.717, 1.165) is 5.56 Å². The van der Waals surface area contributed by atoms with Crippen molar-refractivity contribution in [2.24, 2.45) is 0 Å². The highest BCUT2D eigenvalue weighted by atomic mass is 35.5. The van der Waals surface area contributed by atoms with E-state index in [9.17, 15) is 18.0 Å². The summed E-state index contributed by atoms with van der Waals surface area (Å²) in [7, 11) is 0. The molecule has 1 fully saturated rings. The fourth-order valence-electron chi connectivity index (χ4n) is 2.89. The maximum Gasteiger partial charge on any atom is 0.522 e. The first kappa shape index (κ1) is 22.3. The Morgan fingerprint density at radius 2 is 1.97 bits per heavy atom. The van der Waals surface area contributed by atoms with Crippen LogP contribution in [0, 0.1) is 0 Å². The number of carbonyl (C=O) groups is 1. The fraction of sp³-hybridized carbons (Fsp3) is 0.400. The summed E-state index contributed by atoms with van der Waals surface area (Å²) in [6.07, 6.45) is -4.84. The van der Waals surface area contributed by atoms with Crippen molar-refractivity contribution in [1.29, 1.82) is 0 Å². The zero-order valence-corrected chi connectivity index (χ0v) is 16.6. The number of nitrogens with one attached hydrogen (secondary N) is 1. The number of aromatic nitrogens is 1. The van der Waals surface area contributed by atoms with Crippen LogP contribution in [0.3, 0.4) is 0 Å². The van der Waals surface area contributed by atoms with Crippen LogP contribution < -0.4 is 5.32 Å². The van der Waals surface area contributed by atoms with Gasteiger partial charge in [0.2, 0.25) is 5.91 Å². The molecule has 2 aromatic rings. The third kappa shape index (κ3) is 6.86. The summed E-state index contributed by atoms with van der Waals surface area (Å²) in [6.45, 7) is 3.53. The number of hydrogen-bond donors (Lipinski definition) is 1. The third-order valence-electron chi connectivity index (χ3n) is 4.49. The van der Waals surface area contributed by atoms with Crippen molar-refractivity contribution < 1.29 is 32.0 Å². The molecule has 1 aromatic heterocycles. The van der Waals surface area contributed by atoms with E-state index in [2.05, 4.69) is 21.8 Å². The lowest BCUT2D eigenvalue weighted by Crippen LogP contribution is -2.42. The summed E-state index contributed by atoms with van der Waals surface area (Å²) in [5, 5.41) is 7.24. The quantitative estimate of drug-likeness (QED) is 0.610. The second-order valence-corrected chi connectivity index (χ2v) is 7.36. The number of allylic oxidation sites excluding steroid dienone is 1. The summed E-state index contributed by atoms with van der Waals surface area (Å²) >= 11 is 5.87. The molecule has 3 rings (SSSR count). The monoisotopic (exact) mass is 444 g/mol. The molecule has 1 N–H and O–H groups in total. The van der Waals surface area contributed by atoms with Crippen LogP contribution >= 0.6 is 11.6 Å². The topological polar surface area (TPSA) is 73.6 Å². The first-order chi connectivity index (χ1) is 14.2. The Kier molecular flexibility index (Phi) is 7.17. The highest BCUT2D eigenvalue weighted by Gasteiger charge is 2.40. The van der Waals surface area contributed by atoms with Gasteiger partial charge in [-0.2, -0.15) is 0 Å². The molecule has 0 unspecified atom stereocenters. The minimum absolute atomic E-state index is 0.106. The van der Waals surface area contributed by atoms with Gasteiger partial charge in [0.1, 0.15) is 18.1 Å². The van der Waals surface area contributed by atoms with Crippen LogP contribution in [0.25, 0.3) is 11.3 Å². The van der Waals surface area contributed by atoms with E-state index in [1.165, 1.54) is 0 Å². The zero-order valence-electron chi connectivity index (χ0n) is 15.9. The first-order valence-electron chi connectivity index (χ1n) is 9.23. The molecule has 1 aliphatic carbocycles. The zero-order chi connectivity index (χ0) is 21.7. The van der Waals surface area contributed by atoms with E-state index >= 15 is 0 Å². The summed E-state index contributed by atoms with van der Waals surface area (Å²) in [6, 6.07) is 9.00. The smallest absolute Gasteiger partial charge is 0.368 e. The first-order valence-corrected chi connectivity index (χ1v) is 9.61. The molecule has 1 heterocycles. The van der Waals surface area contributed by atoms with Gasteiger partial charge >= 0.3 is 6.36 Å². The number of hydrogen-bond acceptors (Lipinski definition) is 5. The van der Waals surface area contributed by atoms with Crippen LogP contribution in [0.15, 0.2) is 47.1 Å². The van der Waals surface area contributed by atoms with Gasteiger partial charge < -0.3 is 14.6 Å². The third-order valence-corrected chi connectivity index (χ3v) is 4.74. The molecule has 0 spiro atoms. The fourth-order valence-corrected chi connectivity index (χ4v) is 3.02. The predicted molar refractivity (Wildman–Crippen MR) is 102 cm³/mol. The maximum absolute atomic E-state index is 12.1. The highest BCUT2D eigenvalue weighted by molar-refractivity contribution is 6.30. The number of amides is 1. The average molecular weight is 445 g/mol. The van der Waals surface area contributed by atoms with E-state index in [4.69, 9.17) is 20.9 Å². The molecule has 0 atom stereocenters. The number of carbonyl (C=O) groups excluding carboxylic acids is 1. The number of alkyl halides is 3. The van der Waals surface area contributed by atoms with Crippen LogP contribution in [0.1, 0.15) is 25.0 Å². The molecule has 1 amide bonds. The molecule has 0 aliphatic heterocycles. The second-order valence-electron chi connectivity index (χ2n) is 6.93. The van der Waals surface area contributed by atoms with Crippen molar-refractivity contribution >= 4 is 17.5 Å². The highest BCUT2D eigenvalue weighted by Crippen LogP contribution is 2.32. The molecule has 0 saturated heterocycles. The Balaban J connectivity index is 1.33. The van der Waals surface area contributed by atoms with Crippen molar-refractivity contribution in [1.82, 2.24) is 10.5 Å². The summed E-state index contributed by atoms with van der Waals surface area (Å²) < 4.78 is 50.6. The van der Waals surface area contributed by atoms with Gasteiger partial charge in [-0.05, 0) is 18.6 Å². The van der Waals surface area contributed by atoms with Crippen LogP contribution in [-0.2, 0) is 20.7 Å². The molecule has 30 heavy (non-hydrogen) atoms. The average Bonchev–Trinajstić information content (AvgIpc) is 3.10. The maximum atomic E-state index is 12.1. The van der Waals surface area contributed by atoms with E-state index in [0.29, 0.717) is 35.0 Å². The Hall–Kier alpha value is -2.36. The van der Waals surface area contributed by atoms with Crippen LogP contribution in [-0.4, -0.2) is 36.2 Å². The van der Waals surface area contributed by atoms with Gasteiger partial charge in [0.15, 0.2) is 0 Å². The largest absolute Gasteiger partial charge is 0.522 e. The molecule has 162 valence electrons. The number of aryl methyl sites for hydroxylation is 1. The Labute approximate surface area is 176 Å². The molecular weight excluding hydrogens is 425 g/mol. The van der Waals surface area contributed by atoms with E-state index < -0.39 is 24.5 Å². The molecule has 1 saturated carbocycles. The van der Waals surface area contributed by atoms with Crippen LogP contribution in [0.2, 0.25) is 5.02 Å². The number of ether oxygens (including phenoxy) is 2. The van der Waals surface area contributed by atoms with E-state index in [1.807, 2.05) is 12.1 Å². The van der Waals surface area contributed by atoms with E-state index in [1.54, 1.807) is 18.2 Å². The predicted octanol–water partition coefficient (Wildman–Crippen LogP) is 4.64. The Bertz CT molecular complexity index is 877. The van der Waals surface area contributed by atoms with Crippen molar-refractivity contribution in [2.45, 2.75) is 44.3 Å². The minimum Gasteiger partial charge on any atom is -0.368 e. The molecule has 1 aromatic carbocycles. The minimum atomic E-state index is -4.65. The van der Waals surface area contributed by atoms with Crippen LogP contribution in [0.5, 0.6) is 0 Å². The van der Waals surface area contributed by atoms with Gasteiger partial charge in [-0.3, -0.25) is 9.53 Å². The number of benzene rings is 1. The van der Waals surface area contributed by atoms with E-state index in [-0.39, 0.29) is 19.4 Å². The summed E-state index contributed by atoms with van der Waals surface area (Å²) in [4.78, 5) is 11.9. The normalized spacial score (nSPS) is 18.7. The van der Waals surface area contributed by atoms with Crippen molar-refractivity contribution in [3.05, 3.63) is 53.4 Å².